The van der Waals surface area contributed by atoms with E-state index in [-0.39, 0.29) is 5.75 Å². The molecule has 0 aromatic heterocycles. The summed E-state index contributed by atoms with van der Waals surface area (Å²) in [6, 6.07) is 0. The maximum atomic E-state index is 10.6. The van der Waals surface area contributed by atoms with E-state index in [1.54, 1.807) is 7.11 Å². The van der Waals surface area contributed by atoms with Crippen molar-refractivity contribution < 1.29 is 13.5 Å². The molecule has 1 saturated heterocycles. The second kappa shape index (κ2) is 4.32. The lowest BCUT2D eigenvalue weighted by molar-refractivity contribution is -0.00958. The van der Waals surface area contributed by atoms with Gasteiger partial charge in [0, 0.05) is 13.7 Å². The molecule has 0 radical (unpaired) electrons. The third kappa shape index (κ3) is 2.52. The van der Waals surface area contributed by atoms with Crippen LogP contribution in [0, 0.1) is 0 Å². The van der Waals surface area contributed by atoms with Gasteiger partial charge < -0.3 is 14.6 Å². The van der Waals surface area contributed by atoms with Crippen LogP contribution in [0.15, 0.2) is 0 Å². The molecule has 1 heterocycles. The Morgan fingerprint density at radius 2 is 2.50 bits per heavy atom. The van der Waals surface area contributed by atoms with Crippen LogP contribution in [0.2, 0.25) is 0 Å². The number of piperidine rings is 1. The first-order valence-corrected chi connectivity index (χ1v) is 5.29. The fourth-order valence-electron chi connectivity index (χ4n) is 1.52. The smallest absolute Gasteiger partial charge is 0.155 e. The molecule has 0 saturated carbocycles. The minimum absolute atomic E-state index is 0.205. The second-order valence-electron chi connectivity index (χ2n) is 3.13. The normalized spacial score (nSPS) is 33.2. The van der Waals surface area contributed by atoms with Gasteiger partial charge in [-0.25, -0.2) is 4.21 Å². The molecule has 12 heavy (non-hydrogen) atoms. The maximum absolute atomic E-state index is 10.6. The monoisotopic (exact) mass is 193 g/mol. The summed E-state index contributed by atoms with van der Waals surface area (Å²) in [5.74, 6) is 0.205. The van der Waals surface area contributed by atoms with E-state index in [2.05, 4.69) is 5.32 Å². The van der Waals surface area contributed by atoms with Gasteiger partial charge in [0.05, 0.1) is 11.4 Å². The van der Waals surface area contributed by atoms with E-state index in [0.29, 0.717) is 6.54 Å². The van der Waals surface area contributed by atoms with Crippen molar-refractivity contribution in [2.75, 3.05) is 26.0 Å². The molecular weight excluding hydrogens is 178 g/mol. The predicted molar refractivity (Wildman–Crippen MR) is 47.5 cm³/mol. The number of ether oxygens (including phenoxy) is 1. The SMILES string of the molecule is COC1(CS(=O)O)CCCNC1. The molecule has 0 aromatic rings. The molecule has 0 amide bonds. The predicted octanol–water partition coefficient (Wildman–Crippen LogP) is -0.0233. The van der Waals surface area contributed by atoms with Crippen molar-refractivity contribution in [2.45, 2.75) is 18.4 Å². The molecule has 0 bridgehead atoms. The van der Waals surface area contributed by atoms with Crippen LogP contribution in [0.4, 0.5) is 0 Å². The summed E-state index contributed by atoms with van der Waals surface area (Å²) < 4.78 is 24.7. The summed E-state index contributed by atoms with van der Waals surface area (Å²) in [7, 11) is 1.60. The number of rotatable bonds is 3. The van der Waals surface area contributed by atoms with Crippen molar-refractivity contribution in [3.8, 4) is 0 Å². The number of hydrogen-bond acceptors (Lipinski definition) is 3. The molecular formula is C7H15NO3S. The number of hydrogen-bond donors (Lipinski definition) is 2. The van der Waals surface area contributed by atoms with Gasteiger partial charge in [-0.1, -0.05) is 0 Å². The molecule has 1 rings (SSSR count). The molecule has 1 aliphatic heterocycles. The van der Waals surface area contributed by atoms with Gasteiger partial charge in [0.15, 0.2) is 11.1 Å². The standard InChI is InChI=1S/C7H15NO3S/c1-11-7(6-12(9)10)3-2-4-8-5-7/h8H,2-6H2,1H3,(H,9,10). The van der Waals surface area contributed by atoms with Crippen LogP contribution in [-0.4, -0.2) is 40.3 Å². The van der Waals surface area contributed by atoms with Crippen molar-refractivity contribution in [3.63, 3.8) is 0 Å². The van der Waals surface area contributed by atoms with Crippen molar-refractivity contribution in [1.29, 1.82) is 0 Å². The molecule has 4 nitrogen and oxygen atoms in total. The van der Waals surface area contributed by atoms with E-state index in [1.807, 2.05) is 0 Å². The van der Waals surface area contributed by atoms with E-state index in [4.69, 9.17) is 9.29 Å². The highest BCUT2D eigenvalue weighted by atomic mass is 32.2. The molecule has 0 aliphatic carbocycles. The Kier molecular flexibility index (Phi) is 3.64. The Hall–Kier alpha value is 0.0300. The summed E-state index contributed by atoms with van der Waals surface area (Å²) in [4.78, 5) is 0. The van der Waals surface area contributed by atoms with E-state index in [0.717, 1.165) is 19.4 Å². The summed E-state index contributed by atoms with van der Waals surface area (Å²) in [5, 5.41) is 3.16. The van der Waals surface area contributed by atoms with Crippen LogP contribution in [-0.2, 0) is 15.8 Å². The van der Waals surface area contributed by atoms with Gasteiger partial charge in [-0.2, -0.15) is 0 Å². The quantitative estimate of drug-likeness (QED) is 0.618. The van der Waals surface area contributed by atoms with Gasteiger partial charge in [-0.15, -0.1) is 0 Å². The summed E-state index contributed by atoms with van der Waals surface area (Å²) >= 11 is -1.77. The molecule has 0 aromatic carbocycles. The van der Waals surface area contributed by atoms with Gasteiger partial charge in [0.25, 0.3) is 0 Å². The molecule has 1 aliphatic rings. The fourth-order valence-corrected chi connectivity index (χ4v) is 2.34. The van der Waals surface area contributed by atoms with Crippen molar-refractivity contribution in [3.05, 3.63) is 0 Å². The third-order valence-electron chi connectivity index (χ3n) is 2.25. The Morgan fingerprint density at radius 3 is 2.92 bits per heavy atom. The Morgan fingerprint density at radius 1 is 1.75 bits per heavy atom. The van der Waals surface area contributed by atoms with Crippen LogP contribution < -0.4 is 5.32 Å². The second-order valence-corrected chi connectivity index (χ2v) is 4.06. The van der Waals surface area contributed by atoms with Crippen LogP contribution in [0.5, 0.6) is 0 Å². The Balaban J connectivity index is 2.53. The van der Waals surface area contributed by atoms with Crippen LogP contribution in [0.3, 0.4) is 0 Å². The molecule has 72 valence electrons. The first-order valence-electron chi connectivity index (χ1n) is 4.02. The van der Waals surface area contributed by atoms with Gasteiger partial charge in [0.2, 0.25) is 0 Å². The van der Waals surface area contributed by atoms with Crippen molar-refractivity contribution >= 4 is 11.1 Å². The zero-order valence-electron chi connectivity index (χ0n) is 7.21. The highest BCUT2D eigenvalue weighted by Gasteiger charge is 2.33. The van der Waals surface area contributed by atoms with Crippen molar-refractivity contribution in [2.24, 2.45) is 0 Å². The van der Waals surface area contributed by atoms with Crippen LogP contribution in [0.1, 0.15) is 12.8 Å². The van der Waals surface area contributed by atoms with Gasteiger partial charge >= 0.3 is 0 Å². The van der Waals surface area contributed by atoms with E-state index in [9.17, 15) is 4.21 Å². The van der Waals surface area contributed by atoms with E-state index in [1.165, 1.54) is 0 Å². The molecule has 5 heteroatoms. The van der Waals surface area contributed by atoms with E-state index >= 15 is 0 Å². The van der Waals surface area contributed by atoms with Crippen molar-refractivity contribution in [1.82, 2.24) is 5.32 Å². The first kappa shape index (κ1) is 10.1. The van der Waals surface area contributed by atoms with E-state index < -0.39 is 16.7 Å². The largest absolute Gasteiger partial charge is 0.376 e. The summed E-state index contributed by atoms with van der Waals surface area (Å²) in [6.45, 7) is 1.65. The maximum Gasteiger partial charge on any atom is 0.155 e. The molecule has 0 spiro atoms. The third-order valence-corrected chi connectivity index (χ3v) is 3.03. The van der Waals surface area contributed by atoms with Crippen LogP contribution >= 0.6 is 0 Å². The molecule has 2 atom stereocenters. The zero-order chi connectivity index (χ0) is 9.03. The Bertz CT molecular complexity index is 168. The lowest BCUT2D eigenvalue weighted by Gasteiger charge is -2.35. The Labute approximate surface area is 75.0 Å². The van der Waals surface area contributed by atoms with Crippen LogP contribution in [0.25, 0.3) is 0 Å². The molecule has 1 fully saturated rings. The lowest BCUT2D eigenvalue weighted by atomic mass is 9.96. The highest BCUT2D eigenvalue weighted by molar-refractivity contribution is 7.79. The highest BCUT2D eigenvalue weighted by Crippen LogP contribution is 2.20. The molecule has 2 unspecified atom stereocenters. The van der Waals surface area contributed by atoms with Gasteiger partial charge in [0.1, 0.15) is 0 Å². The van der Waals surface area contributed by atoms with Gasteiger partial charge in [-0.05, 0) is 19.4 Å². The average molecular weight is 193 g/mol. The number of nitrogens with one attached hydrogen (secondary N) is 1. The first-order chi connectivity index (χ1) is 5.68. The zero-order valence-corrected chi connectivity index (χ0v) is 8.02. The minimum atomic E-state index is -1.77. The molecule has 2 N–H and O–H groups in total. The average Bonchev–Trinajstić information content (AvgIpc) is 2.05. The van der Waals surface area contributed by atoms with Gasteiger partial charge in [-0.3, -0.25) is 0 Å². The number of methoxy groups -OCH3 is 1. The summed E-state index contributed by atoms with van der Waals surface area (Å²) in [5.41, 5.74) is -0.419. The summed E-state index contributed by atoms with van der Waals surface area (Å²) in [6.07, 6.45) is 1.87. The lowest BCUT2D eigenvalue weighted by Crippen LogP contribution is -2.50. The fraction of sp³-hybridized carbons (Fsp3) is 1.00. The minimum Gasteiger partial charge on any atom is -0.376 e. The topological polar surface area (TPSA) is 58.6 Å².